The monoisotopic (exact) mass is 380 g/mol. The molecule has 1 amide bonds. The molecule has 1 fully saturated rings. The second-order valence-electron chi connectivity index (χ2n) is 4.98. The van der Waals surface area contributed by atoms with Crippen LogP contribution < -0.4 is 0 Å². The minimum absolute atomic E-state index is 0.0506. The number of sulfonamides is 1. The number of thioether (sulfide) groups is 1. The standard InChI is InChI=1S/C16H13FN2O4S2/c1-2-19-15(20)14(10-12-4-3-9-23-12)24-16(19)18-25(21,22)13-7-5-11(17)6-8-13/h3-10H,2H2,1H3. The molecule has 0 bridgehead atoms. The SMILES string of the molecule is CCN1C(=O)C(=Cc2ccco2)SC1=NS(=O)(=O)c1ccc(F)cc1. The molecule has 1 aromatic heterocycles. The molecule has 1 aliphatic rings. The quantitative estimate of drug-likeness (QED) is 0.762. The molecule has 0 aliphatic carbocycles. The van der Waals surface area contributed by atoms with Crippen LogP contribution in [0, 0.1) is 5.82 Å². The first-order valence-electron chi connectivity index (χ1n) is 7.26. The first kappa shape index (κ1) is 17.4. The molecule has 0 radical (unpaired) electrons. The minimum Gasteiger partial charge on any atom is -0.465 e. The van der Waals surface area contributed by atoms with Crippen LogP contribution in [0.25, 0.3) is 6.08 Å². The maximum atomic E-state index is 13.0. The molecule has 0 N–H and O–H groups in total. The molecule has 0 saturated carbocycles. The van der Waals surface area contributed by atoms with E-state index >= 15 is 0 Å². The molecule has 9 heteroatoms. The lowest BCUT2D eigenvalue weighted by Crippen LogP contribution is -2.29. The molecule has 2 aromatic rings. The summed E-state index contributed by atoms with van der Waals surface area (Å²) in [6.45, 7) is 1.98. The normalized spacial score (nSPS) is 18.5. The smallest absolute Gasteiger partial charge is 0.284 e. The number of hydrogen-bond donors (Lipinski definition) is 0. The number of hydrogen-bond acceptors (Lipinski definition) is 5. The first-order valence-corrected chi connectivity index (χ1v) is 9.52. The summed E-state index contributed by atoms with van der Waals surface area (Å²) in [5.41, 5.74) is 0. The van der Waals surface area contributed by atoms with Crippen LogP contribution in [0.4, 0.5) is 4.39 Å². The van der Waals surface area contributed by atoms with Gasteiger partial charge < -0.3 is 4.42 Å². The van der Waals surface area contributed by atoms with E-state index < -0.39 is 15.8 Å². The molecule has 25 heavy (non-hydrogen) atoms. The molecule has 0 unspecified atom stereocenters. The molecular weight excluding hydrogens is 367 g/mol. The summed E-state index contributed by atoms with van der Waals surface area (Å²) in [7, 11) is -4.06. The number of amides is 1. The Bertz CT molecular complexity index is 949. The van der Waals surface area contributed by atoms with E-state index in [0.29, 0.717) is 10.7 Å². The van der Waals surface area contributed by atoms with Crippen LogP contribution in [0.15, 0.2) is 61.3 Å². The maximum absolute atomic E-state index is 13.0. The highest BCUT2D eigenvalue weighted by Crippen LogP contribution is 2.33. The third-order valence-electron chi connectivity index (χ3n) is 3.33. The topological polar surface area (TPSA) is 80.0 Å². The van der Waals surface area contributed by atoms with Crippen LogP contribution in [-0.4, -0.2) is 30.9 Å². The summed E-state index contributed by atoms with van der Waals surface area (Å²) in [5.74, 6) is -0.414. The molecule has 130 valence electrons. The Morgan fingerprint density at radius 1 is 1.28 bits per heavy atom. The highest BCUT2D eigenvalue weighted by atomic mass is 32.2. The fraction of sp³-hybridized carbons (Fsp3) is 0.125. The average molecular weight is 380 g/mol. The fourth-order valence-corrected chi connectivity index (χ4v) is 4.34. The molecular formula is C16H13FN2O4S2. The maximum Gasteiger partial charge on any atom is 0.284 e. The Kier molecular flexibility index (Phi) is 4.78. The number of amidine groups is 1. The lowest BCUT2D eigenvalue weighted by Gasteiger charge is -2.11. The zero-order valence-corrected chi connectivity index (χ0v) is 14.7. The number of benzene rings is 1. The van der Waals surface area contributed by atoms with Gasteiger partial charge in [0.05, 0.1) is 16.1 Å². The van der Waals surface area contributed by atoms with Gasteiger partial charge in [0.15, 0.2) is 5.17 Å². The van der Waals surface area contributed by atoms with Gasteiger partial charge >= 0.3 is 0 Å². The van der Waals surface area contributed by atoms with E-state index in [1.54, 1.807) is 19.1 Å². The van der Waals surface area contributed by atoms with E-state index in [4.69, 9.17) is 4.42 Å². The van der Waals surface area contributed by atoms with Gasteiger partial charge in [-0.1, -0.05) is 0 Å². The van der Waals surface area contributed by atoms with Gasteiger partial charge in [0.2, 0.25) is 0 Å². The molecule has 3 rings (SSSR count). The second kappa shape index (κ2) is 6.85. The van der Waals surface area contributed by atoms with Gasteiger partial charge in [-0.15, -0.1) is 4.40 Å². The van der Waals surface area contributed by atoms with Crippen molar-refractivity contribution in [2.75, 3.05) is 6.54 Å². The van der Waals surface area contributed by atoms with Crippen molar-refractivity contribution in [2.24, 2.45) is 4.40 Å². The third-order valence-corrected chi connectivity index (χ3v) is 5.73. The van der Waals surface area contributed by atoms with Crippen molar-refractivity contribution in [3.05, 3.63) is 59.1 Å². The second-order valence-corrected chi connectivity index (χ2v) is 7.59. The van der Waals surface area contributed by atoms with Gasteiger partial charge in [-0.25, -0.2) is 4.39 Å². The molecule has 1 aliphatic heterocycles. The van der Waals surface area contributed by atoms with E-state index in [1.807, 2.05) is 0 Å². The Morgan fingerprint density at radius 3 is 2.60 bits per heavy atom. The zero-order valence-electron chi connectivity index (χ0n) is 13.0. The van der Waals surface area contributed by atoms with Crippen LogP contribution in [-0.2, 0) is 14.8 Å². The molecule has 0 spiro atoms. The van der Waals surface area contributed by atoms with E-state index in [2.05, 4.69) is 4.40 Å². The Labute approximate surface area is 148 Å². The van der Waals surface area contributed by atoms with Crippen molar-refractivity contribution in [3.63, 3.8) is 0 Å². The summed E-state index contributed by atoms with van der Waals surface area (Å²) in [4.78, 5) is 13.8. The van der Waals surface area contributed by atoms with Gasteiger partial charge in [0.25, 0.3) is 15.9 Å². The number of halogens is 1. The third kappa shape index (κ3) is 3.67. The number of carbonyl (C=O) groups excluding carboxylic acids is 1. The lowest BCUT2D eigenvalue weighted by molar-refractivity contribution is -0.122. The van der Waals surface area contributed by atoms with E-state index in [0.717, 1.165) is 36.0 Å². The van der Waals surface area contributed by atoms with Crippen molar-refractivity contribution in [1.29, 1.82) is 0 Å². The van der Waals surface area contributed by atoms with Crippen molar-refractivity contribution >= 4 is 38.9 Å². The molecule has 1 saturated heterocycles. The predicted octanol–water partition coefficient (Wildman–Crippen LogP) is 3.10. The fourth-order valence-electron chi connectivity index (χ4n) is 2.12. The summed E-state index contributed by atoms with van der Waals surface area (Å²) < 4.78 is 46.7. The van der Waals surface area contributed by atoms with E-state index in [9.17, 15) is 17.6 Å². The highest BCUT2D eigenvalue weighted by Gasteiger charge is 2.34. The van der Waals surface area contributed by atoms with Crippen LogP contribution in [0.2, 0.25) is 0 Å². The number of furan rings is 1. The van der Waals surface area contributed by atoms with Crippen molar-refractivity contribution < 1.29 is 22.0 Å². The summed E-state index contributed by atoms with van der Waals surface area (Å²) >= 11 is 0.949. The molecule has 0 atom stereocenters. The number of likely N-dealkylation sites (N-methyl/N-ethyl adjacent to an activating group) is 1. The lowest BCUT2D eigenvalue weighted by atomic mass is 10.3. The number of carbonyl (C=O) groups is 1. The Morgan fingerprint density at radius 2 is 2.00 bits per heavy atom. The first-order chi connectivity index (χ1) is 11.9. The van der Waals surface area contributed by atoms with Gasteiger partial charge in [-0.3, -0.25) is 9.69 Å². The number of rotatable bonds is 4. The van der Waals surface area contributed by atoms with E-state index in [-0.39, 0.29) is 22.5 Å². The van der Waals surface area contributed by atoms with Crippen LogP contribution in [0.1, 0.15) is 12.7 Å². The zero-order chi connectivity index (χ0) is 18.0. The largest absolute Gasteiger partial charge is 0.465 e. The van der Waals surface area contributed by atoms with Gasteiger partial charge in [-0.05, 0) is 55.1 Å². The Hall–Kier alpha value is -2.39. The van der Waals surface area contributed by atoms with Crippen molar-refractivity contribution in [2.45, 2.75) is 11.8 Å². The summed E-state index contributed by atoms with van der Waals surface area (Å²) in [5, 5.41) is 0.0506. The minimum atomic E-state index is -4.06. The van der Waals surface area contributed by atoms with E-state index in [1.165, 1.54) is 17.2 Å². The highest BCUT2D eigenvalue weighted by molar-refractivity contribution is 8.19. The molecule has 6 nitrogen and oxygen atoms in total. The number of nitrogens with zero attached hydrogens (tertiary/aromatic N) is 2. The summed E-state index contributed by atoms with van der Waals surface area (Å²) in [6, 6.07) is 7.71. The average Bonchev–Trinajstić information content (AvgIpc) is 3.17. The molecule has 1 aromatic carbocycles. The van der Waals surface area contributed by atoms with Gasteiger partial charge in [0, 0.05) is 12.6 Å². The van der Waals surface area contributed by atoms with Crippen molar-refractivity contribution in [1.82, 2.24) is 4.90 Å². The van der Waals surface area contributed by atoms with Crippen LogP contribution >= 0.6 is 11.8 Å². The van der Waals surface area contributed by atoms with Gasteiger partial charge in [0.1, 0.15) is 11.6 Å². The van der Waals surface area contributed by atoms with Crippen LogP contribution in [0.5, 0.6) is 0 Å². The van der Waals surface area contributed by atoms with Crippen molar-refractivity contribution in [3.8, 4) is 0 Å². The Balaban J connectivity index is 1.96. The molecule has 2 heterocycles. The van der Waals surface area contributed by atoms with Crippen LogP contribution in [0.3, 0.4) is 0 Å². The predicted molar refractivity (Wildman–Crippen MR) is 92.7 cm³/mol. The summed E-state index contributed by atoms with van der Waals surface area (Å²) in [6.07, 6.45) is 3.00. The van der Waals surface area contributed by atoms with Gasteiger partial charge in [-0.2, -0.15) is 8.42 Å².